The van der Waals surface area contributed by atoms with E-state index in [4.69, 9.17) is 4.74 Å². The minimum absolute atomic E-state index is 0.0688. The summed E-state index contributed by atoms with van der Waals surface area (Å²) >= 11 is 0. The van der Waals surface area contributed by atoms with Crippen LogP contribution in [0.2, 0.25) is 0 Å². The van der Waals surface area contributed by atoms with E-state index in [1.807, 2.05) is 32.0 Å². The van der Waals surface area contributed by atoms with Gasteiger partial charge < -0.3 is 15.4 Å². The van der Waals surface area contributed by atoms with Gasteiger partial charge in [-0.1, -0.05) is 18.2 Å². The van der Waals surface area contributed by atoms with Crippen LogP contribution < -0.4 is 15.4 Å². The fraction of sp³-hybridized carbons (Fsp3) is 0.278. The minimum Gasteiger partial charge on any atom is -0.493 e. The van der Waals surface area contributed by atoms with E-state index in [-0.39, 0.29) is 5.69 Å². The summed E-state index contributed by atoms with van der Waals surface area (Å²) in [6, 6.07) is 8.35. The topological polar surface area (TPSA) is 50.4 Å². The van der Waals surface area contributed by atoms with Crippen molar-refractivity contribution < 1.29 is 18.3 Å². The lowest BCUT2D eigenvalue weighted by molar-refractivity contribution is 0.250. The highest BCUT2D eigenvalue weighted by Gasteiger charge is 2.07. The molecule has 0 bridgehead atoms. The number of amides is 2. The predicted octanol–water partition coefficient (Wildman–Crippen LogP) is 4.17. The molecule has 0 aliphatic carbocycles. The van der Waals surface area contributed by atoms with Crippen molar-refractivity contribution in [1.29, 1.82) is 0 Å². The third-order valence-electron chi connectivity index (χ3n) is 3.44. The summed E-state index contributed by atoms with van der Waals surface area (Å²) in [5.74, 6) is -0.652. The first-order chi connectivity index (χ1) is 11.5. The van der Waals surface area contributed by atoms with Crippen LogP contribution in [0.3, 0.4) is 0 Å². The number of hydrogen-bond acceptors (Lipinski definition) is 2. The molecule has 2 N–H and O–H groups in total. The van der Waals surface area contributed by atoms with Crippen LogP contribution in [0, 0.1) is 25.5 Å². The van der Waals surface area contributed by atoms with Gasteiger partial charge >= 0.3 is 6.03 Å². The number of urea groups is 1. The molecule has 0 atom stereocenters. The Hall–Kier alpha value is -2.63. The summed E-state index contributed by atoms with van der Waals surface area (Å²) in [5, 5.41) is 4.93. The second-order valence-corrected chi connectivity index (χ2v) is 5.43. The van der Waals surface area contributed by atoms with Crippen LogP contribution in [0.25, 0.3) is 0 Å². The van der Waals surface area contributed by atoms with E-state index < -0.39 is 17.7 Å². The Morgan fingerprint density at radius 1 is 1.12 bits per heavy atom. The number of carbonyl (C=O) groups excluding carboxylic acids is 1. The molecular weight excluding hydrogens is 314 g/mol. The number of carbonyl (C=O) groups is 1. The van der Waals surface area contributed by atoms with Crippen molar-refractivity contribution in [2.45, 2.75) is 20.3 Å². The number of benzene rings is 2. The Morgan fingerprint density at radius 2 is 1.83 bits per heavy atom. The smallest absolute Gasteiger partial charge is 0.319 e. The lowest BCUT2D eigenvalue weighted by atomic mass is 10.1. The first-order valence-electron chi connectivity index (χ1n) is 7.66. The van der Waals surface area contributed by atoms with E-state index in [0.717, 1.165) is 22.9 Å². The summed E-state index contributed by atoms with van der Waals surface area (Å²) in [6.45, 7) is 4.78. The van der Waals surface area contributed by atoms with Crippen molar-refractivity contribution >= 4 is 11.7 Å². The van der Waals surface area contributed by atoms with Crippen LogP contribution in [0.4, 0.5) is 19.3 Å². The number of hydrogen-bond donors (Lipinski definition) is 2. The second kappa shape index (κ2) is 8.29. The normalized spacial score (nSPS) is 10.3. The lowest BCUT2D eigenvalue weighted by Crippen LogP contribution is -2.30. The van der Waals surface area contributed by atoms with Crippen LogP contribution >= 0.6 is 0 Å². The van der Waals surface area contributed by atoms with Gasteiger partial charge in [0, 0.05) is 12.6 Å². The third-order valence-corrected chi connectivity index (χ3v) is 3.44. The van der Waals surface area contributed by atoms with Crippen LogP contribution in [0.15, 0.2) is 36.4 Å². The maximum Gasteiger partial charge on any atom is 0.319 e. The number of rotatable bonds is 6. The van der Waals surface area contributed by atoms with E-state index in [9.17, 15) is 13.6 Å². The average molecular weight is 334 g/mol. The van der Waals surface area contributed by atoms with Gasteiger partial charge in [0.1, 0.15) is 17.4 Å². The summed E-state index contributed by atoms with van der Waals surface area (Å²) in [7, 11) is 0. The van der Waals surface area contributed by atoms with Crippen molar-refractivity contribution in [3.8, 4) is 5.75 Å². The van der Waals surface area contributed by atoms with Gasteiger partial charge in [0.25, 0.3) is 0 Å². The fourth-order valence-electron chi connectivity index (χ4n) is 2.23. The van der Waals surface area contributed by atoms with Gasteiger partial charge in [0.05, 0.1) is 12.3 Å². The molecular formula is C18H20F2N2O2. The number of aryl methyl sites for hydroxylation is 2. The number of halogens is 2. The number of para-hydroxylation sites is 1. The van der Waals surface area contributed by atoms with Gasteiger partial charge in [-0.05, 0) is 43.5 Å². The third kappa shape index (κ3) is 4.94. The Balaban J connectivity index is 1.71. The SMILES string of the molecule is Cc1cccc(C)c1OCCCNC(=O)Nc1ccc(F)cc1F. The van der Waals surface area contributed by atoms with E-state index in [1.165, 1.54) is 6.07 Å². The fourth-order valence-corrected chi connectivity index (χ4v) is 2.23. The molecule has 2 rings (SSSR count). The molecule has 0 saturated carbocycles. The molecule has 0 saturated heterocycles. The highest BCUT2D eigenvalue weighted by Crippen LogP contribution is 2.22. The van der Waals surface area contributed by atoms with Gasteiger partial charge in [-0.3, -0.25) is 0 Å². The van der Waals surface area contributed by atoms with Crippen LogP contribution in [0.1, 0.15) is 17.5 Å². The molecule has 0 heterocycles. The Bertz CT molecular complexity index is 700. The molecule has 4 nitrogen and oxygen atoms in total. The van der Waals surface area contributed by atoms with Crippen molar-refractivity contribution in [1.82, 2.24) is 5.32 Å². The van der Waals surface area contributed by atoms with Crippen LogP contribution in [-0.4, -0.2) is 19.2 Å². The zero-order chi connectivity index (χ0) is 17.5. The molecule has 24 heavy (non-hydrogen) atoms. The highest BCUT2D eigenvalue weighted by atomic mass is 19.1. The van der Waals surface area contributed by atoms with Gasteiger partial charge in [-0.15, -0.1) is 0 Å². The van der Waals surface area contributed by atoms with Gasteiger partial charge in [-0.25, -0.2) is 13.6 Å². The molecule has 0 aromatic heterocycles. The van der Waals surface area contributed by atoms with E-state index in [1.54, 1.807) is 0 Å². The first-order valence-corrected chi connectivity index (χ1v) is 7.66. The zero-order valence-corrected chi connectivity index (χ0v) is 13.7. The monoisotopic (exact) mass is 334 g/mol. The van der Waals surface area contributed by atoms with Crippen molar-refractivity contribution in [3.63, 3.8) is 0 Å². The summed E-state index contributed by atoms with van der Waals surface area (Å²) in [4.78, 5) is 11.7. The standard InChI is InChI=1S/C18H20F2N2O2/c1-12-5-3-6-13(2)17(12)24-10-4-9-21-18(23)22-16-8-7-14(19)11-15(16)20/h3,5-8,11H,4,9-10H2,1-2H3,(H2,21,22,23). The van der Waals surface area contributed by atoms with Crippen molar-refractivity contribution in [2.24, 2.45) is 0 Å². The summed E-state index contributed by atoms with van der Waals surface area (Å²) in [6.07, 6.45) is 0.604. The lowest BCUT2D eigenvalue weighted by Gasteiger charge is -2.12. The zero-order valence-electron chi connectivity index (χ0n) is 13.7. The largest absolute Gasteiger partial charge is 0.493 e. The van der Waals surface area contributed by atoms with E-state index >= 15 is 0 Å². The van der Waals surface area contributed by atoms with Crippen LogP contribution in [0.5, 0.6) is 5.75 Å². The number of ether oxygens (including phenoxy) is 1. The molecule has 0 unspecified atom stereocenters. The Morgan fingerprint density at radius 3 is 2.50 bits per heavy atom. The van der Waals surface area contributed by atoms with Crippen molar-refractivity contribution in [3.05, 3.63) is 59.2 Å². The summed E-state index contributed by atoms with van der Waals surface area (Å²) < 4.78 is 31.9. The Labute approximate surface area is 139 Å². The molecule has 2 aromatic carbocycles. The van der Waals surface area contributed by atoms with E-state index in [0.29, 0.717) is 25.6 Å². The Kier molecular flexibility index (Phi) is 6.12. The molecule has 2 aromatic rings. The van der Waals surface area contributed by atoms with E-state index in [2.05, 4.69) is 10.6 Å². The average Bonchev–Trinajstić information content (AvgIpc) is 2.52. The van der Waals surface area contributed by atoms with Gasteiger partial charge in [0.2, 0.25) is 0 Å². The number of nitrogens with one attached hydrogen (secondary N) is 2. The first kappa shape index (κ1) is 17.7. The summed E-state index contributed by atoms with van der Waals surface area (Å²) in [5.41, 5.74) is 2.06. The molecule has 2 amide bonds. The minimum atomic E-state index is -0.816. The molecule has 128 valence electrons. The predicted molar refractivity (Wildman–Crippen MR) is 89.4 cm³/mol. The molecule has 0 radical (unpaired) electrons. The van der Waals surface area contributed by atoms with Gasteiger partial charge in [0.15, 0.2) is 0 Å². The maximum absolute atomic E-state index is 13.4. The van der Waals surface area contributed by atoms with Crippen molar-refractivity contribution in [2.75, 3.05) is 18.5 Å². The molecule has 0 fully saturated rings. The quantitative estimate of drug-likeness (QED) is 0.779. The van der Waals surface area contributed by atoms with Gasteiger partial charge in [-0.2, -0.15) is 0 Å². The molecule has 0 aliphatic rings. The second-order valence-electron chi connectivity index (χ2n) is 5.43. The highest BCUT2D eigenvalue weighted by molar-refractivity contribution is 5.89. The molecule has 0 spiro atoms. The molecule has 6 heteroatoms. The number of anilines is 1. The maximum atomic E-state index is 13.4. The molecule has 0 aliphatic heterocycles. The van der Waals surface area contributed by atoms with Crippen LogP contribution in [-0.2, 0) is 0 Å².